The van der Waals surface area contributed by atoms with E-state index in [1.54, 1.807) is 0 Å². The third-order valence-corrected chi connectivity index (χ3v) is 2.05. The molecule has 0 aliphatic heterocycles. The van der Waals surface area contributed by atoms with Gasteiger partial charge >= 0.3 is 0 Å². The highest BCUT2D eigenvalue weighted by Crippen LogP contribution is 2.10. The Morgan fingerprint density at radius 2 is 1.58 bits per heavy atom. The van der Waals surface area contributed by atoms with E-state index < -0.39 is 10.1 Å². The highest BCUT2D eigenvalue weighted by molar-refractivity contribution is 7.85. The molecule has 0 bridgehead atoms. The molecule has 0 heterocycles. The lowest BCUT2D eigenvalue weighted by molar-refractivity contribution is 0.483. The first-order chi connectivity index (χ1) is 5.00. The van der Waals surface area contributed by atoms with Crippen LogP contribution in [0.3, 0.4) is 0 Å². The zero-order valence-electron chi connectivity index (χ0n) is 5.97. The molecule has 0 saturated carbocycles. The van der Waals surface area contributed by atoms with Crippen molar-refractivity contribution in [2.24, 2.45) is 0 Å². The van der Waals surface area contributed by atoms with Gasteiger partial charge in [-0.3, -0.25) is 4.55 Å². The zero-order valence-corrected chi connectivity index (χ0v) is 7.60. The van der Waals surface area contributed by atoms with E-state index in [4.69, 9.17) is 10.3 Å². The maximum absolute atomic E-state index is 10.5. The molecule has 0 aromatic heterocycles. The van der Waals surface area contributed by atoms with Crippen LogP contribution in [0.5, 0.6) is 0 Å². The highest BCUT2D eigenvalue weighted by atomic mass is 35.5. The summed E-state index contributed by atoms with van der Waals surface area (Å²) >= 11 is 0. The number of halogens is 1. The second-order valence-electron chi connectivity index (χ2n) is 2.04. The number of anilines is 1. The van der Waals surface area contributed by atoms with Gasteiger partial charge in [-0.2, -0.15) is 8.42 Å². The van der Waals surface area contributed by atoms with Gasteiger partial charge in [0.25, 0.3) is 10.1 Å². The van der Waals surface area contributed by atoms with Crippen LogP contribution in [0.1, 0.15) is 0 Å². The smallest absolute Gasteiger partial charge is 0.294 e. The summed E-state index contributed by atoms with van der Waals surface area (Å²) in [5, 5.41) is 0. The first-order valence-corrected chi connectivity index (χ1v) is 4.27. The van der Waals surface area contributed by atoms with E-state index in [0.29, 0.717) is 5.69 Å². The lowest BCUT2D eigenvalue weighted by Gasteiger charge is -1.95. The average molecular weight is 210 g/mol. The molecule has 0 aliphatic rings. The third-order valence-electron chi connectivity index (χ3n) is 1.18. The Morgan fingerprint density at radius 3 is 1.92 bits per heavy atom. The van der Waals surface area contributed by atoms with Crippen molar-refractivity contribution in [3.05, 3.63) is 24.3 Å². The third kappa shape index (κ3) is 2.69. The van der Waals surface area contributed by atoms with Gasteiger partial charge in [-0.05, 0) is 24.3 Å². The van der Waals surface area contributed by atoms with Crippen LogP contribution in [0, 0.1) is 0 Å². The molecule has 1 aromatic rings. The van der Waals surface area contributed by atoms with Crippen LogP contribution in [0.15, 0.2) is 29.2 Å². The molecule has 68 valence electrons. The van der Waals surface area contributed by atoms with Gasteiger partial charge < -0.3 is 5.73 Å². The fourth-order valence-corrected chi connectivity index (χ4v) is 1.12. The lowest BCUT2D eigenvalue weighted by atomic mass is 10.3. The average Bonchev–Trinajstić information content (AvgIpc) is 1.86. The Labute approximate surface area is 76.6 Å². The monoisotopic (exact) mass is 209 g/mol. The summed E-state index contributed by atoms with van der Waals surface area (Å²) in [5.74, 6) is 0. The van der Waals surface area contributed by atoms with Crippen molar-refractivity contribution in [2.45, 2.75) is 4.90 Å². The molecule has 1 rings (SSSR count). The molecule has 0 atom stereocenters. The van der Waals surface area contributed by atoms with E-state index in [2.05, 4.69) is 0 Å². The molecular formula is C6H8ClNO3S. The summed E-state index contributed by atoms with van der Waals surface area (Å²) in [4.78, 5) is -0.147. The Morgan fingerprint density at radius 1 is 1.17 bits per heavy atom. The second kappa shape index (κ2) is 3.75. The van der Waals surface area contributed by atoms with Crippen molar-refractivity contribution in [1.29, 1.82) is 0 Å². The van der Waals surface area contributed by atoms with Gasteiger partial charge in [0.1, 0.15) is 0 Å². The van der Waals surface area contributed by atoms with Crippen molar-refractivity contribution in [3.8, 4) is 0 Å². The van der Waals surface area contributed by atoms with Crippen LogP contribution in [0.25, 0.3) is 0 Å². The van der Waals surface area contributed by atoms with Crippen molar-refractivity contribution < 1.29 is 13.0 Å². The topological polar surface area (TPSA) is 80.4 Å². The fourth-order valence-electron chi connectivity index (χ4n) is 0.640. The molecule has 4 nitrogen and oxygen atoms in total. The molecule has 0 saturated heterocycles. The molecule has 3 N–H and O–H groups in total. The largest absolute Gasteiger partial charge is 0.399 e. The molecule has 0 amide bonds. The zero-order chi connectivity index (χ0) is 8.48. The summed E-state index contributed by atoms with van der Waals surface area (Å²) in [7, 11) is -4.08. The summed E-state index contributed by atoms with van der Waals surface area (Å²) in [5.41, 5.74) is 5.75. The Kier molecular flexibility index (Phi) is 3.51. The van der Waals surface area contributed by atoms with Crippen LogP contribution in [0.2, 0.25) is 0 Å². The maximum Gasteiger partial charge on any atom is 0.294 e. The number of benzene rings is 1. The van der Waals surface area contributed by atoms with E-state index in [1.165, 1.54) is 24.3 Å². The molecular weight excluding hydrogens is 202 g/mol. The van der Waals surface area contributed by atoms with Gasteiger partial charge in [0.05, 0.1) is 4.90 Å². The first-order valence-electron chi connectivity index (χ1n) is 2.83. The Balaban J connectivity index is 0.00000121. The van der Waals surface area contributed by atoms with Crippen LogP contribution in [0.4, 0.5) is 5.69 Å². The highest BCUT2D eigenvalue weighted by Gasteiger charge is 2.06. The van der Waals surface area contributed by atoms with Gasteiger partial charge in [-0.25, -0.2) is 0 Å². The van der Waals surface area contributed by atoms with Crippen LogP contribution in [-0.4, -0.2) is 13.0 Å². The number of nitrogens with two attached hydrogens (primary N) is 1. The van der Waals surface area contributed by atoms with Gasteiger partial charge in [-0.1, -0.05) is 0 Å². The van der Waals surface area contributed by atoms with Crippen molar-refractivity contribution in [3.63, 3.8) is 0 Å². The second-order valence-corrected chi connectivity index (χ2v) is 3.47. The van der Waals surface area contributed by atoms with Gasteiger partial charge in [0.2, 0.25) is 0 Å². The Hall–Kier alpha value is -0.780. The van der Waals surface area contributed by atoms with Crippen molar-refractivity contribution in [1.82, 2.24) is 0 Å². The standard InChI is InChI=1S/C6H7NO3S.ClH/c7-5-1-3-6(4-2-5)11(8,9)10;/h1-4H,7H2,(H,8,9,10);1H. The van der Waals surface area contributed by atoms with E-state index in [0.717, 1.165) is 0 Å². The maximum atomic E-state index is 10.5. The lowest BCUT2D eigenvalue weighted by Crippen LogP contribution is -1.97. The summed E-state index contributed by atoms with van der Waals surface area (Å²) in [6, 6.07) is 5.29. The fraction of sp³-hybridized carbons (Fsp3) is 0. The summed E-state index contributed by atoms with van der Waals surface area (Å²) in [6.07, 6.45) is 0. The SMILES string of the molecule is Cl.Nc1ccc(S(=O)(=O)O)cc1. The molecule has 0 spiro atoms. The molecule has 0 fully saturated rings. The summed E-state index contributed by atoms with van der Waals surface area (Å²) < 4.78 is 29.4. The van der Waals surface area contributed by atoms with Crippen LogP contribution in [-0.2, 0) is 10.1 Å². The van der Waals surface area contributed by atoms with Gasteiger partial charge in [0.15, 0.2) is 0 Å². The minimum Gasteiger partial charge on any atom is -0.399 e. The normalized spacial score (nSPS) is 10.4. The number of rotatable bonds is 1. The van der Waals surface area contributed by atoms with Crippen LogP contribution < -0.4 is 5.73 Å². The molecule has 0 radical (unpaired) electrons. The van der Waals surface area contributed by atoms with E-state index in [-0.39, 0.29) is 17.3 Å². The minimum absolute atomic E-state index is 0. The molecule has 12 heavy (non-hydrogen) atoms. The quantitative estimate of drug-likeness (QED) is 0.533. The molecule has 0 aliphatic carbocycles. The molecule has 0 unspecified atom stereocenters. The summed E-state index contributed by atoms with van der Waals surface area (Å²) in [6.45, 7) is 0. The van der Waals surface area contributed by atoms with Crippen molar-refractivity contribution in [2.75, 3.05) is 5.73 Å². The predicted octanol–water partition coefficient (Wildman–Crippen LogP) is 0.937. The first kappa shape index (κ1) is 11.2. The van der Waals surface area contributed by atoms with Gasteiger partial charge in [0, 0.05) is 5.69 Å². The van der Waals surface area contributed by atoms with E-state index in [1.807, 2.05) is 0 Å². The van der Waals surface area contributed by atoms with E-state index >= 15 is 0 Å². The number of hydrogen-bond donors (Lipinski definition) is 2. The predicted molar refractivity (Wildman–Crippen MR) is 47.9 cm³/mol. The van der Waals surface area contributed by atoms with Gasteiger partial charge in [-0.15, -0.1) is 12.4 Å². The number of nitrogen functional groups attached to an aromatic ring is 1. The van der Waals surface area contributed by atoms with Crippen LogP contribution >= 0.6 is 12.4 Å². The van der Waals surface area contributed by atoms with E-state index in [9.17, 15) is 8.42 Å². The molecule has 6 heteroatoms. The number of hydrogen-bond acceptors (Lipinski definition) is 3. The Bertz CT molecular complexity index is 346. The van der Waals surface area contributed by atoms with Crippen molar-refractivity contribution >= 4 is 28.2 Å². The minimum atomic E-state index is -4.08. The molecule has 1 aromatic carbocycles.